The molecule has 1 aliphatic rings. The molecule has 0 spiro atoms. The van der Waals surface area contributed by atoms with Gasteiger partial charge in [-0.25, -0.2) is 4.98 Å². The minimum absolute atomic E-state index is 0.0762. The van der Waals surface area contributed by atoms with Gasteiger partial charge in [-0.1, -0.05) is 59.0 Å². The third kappa shape index (κ3) is 4.55. The van der Waals surface area contributed by atoms with E-state index in [1.54, 1.807) is 31.5 Å². The molecule has 5 heterocycles. The van der Waals surface area contributed by atoms with Gasteiger partial charge in [0.15, 0.2) is 10.1 Å². The largest absolute Gasteiger partial charge is 0.505 e. The summed E-state index contributed by atoms with van der Waals surface area (Å²) in [5.41, 5.74) is 3.97. The molecule has 1 unspecified atom stereocenters. The number of ketones is 1. The highest BCUT2D eigenvalue weighted by atomic mass is 35.5. The number of rotatable bonds is 6. The first-order valence-corrected chi connectivity index (χ1v) is 14.4. The number of Topliss-reactive ketones (excluding diaryl/α,β-unsaturated/α-hetero) is 1. The van der Waals surface area contributed by atoms with Gasteiger partial charge in [0.05, 0.1) is 17.3 Å². The summed E-state index contributed by atoms with van der Waals surface area (Å²) in [5.74, 6) is -1.36. The number of hydrogen-bond donors (Lipinski definition) is 1. The Labute approximate surface area is 242 Å². The Morgan fingerprint density at radius 2 is 1.90 bits per heavy atom. The Hall–Kier alpha value is -4.06. The average molecular weight is 589 g/mol. The lowest BCUT2D eigenvalue weighted by atomic mass is 9.98. The SMILES string of the molecule is Cc1cccn2c(C)c(C(O)=C3C(=O)C(=O)N(c4nnc(SCc5ccc(Cl)cc5)s4)C3c3cccnc3)nc12. The molecule has 1 amide bonds. The van der Waals surface area contributed by atoms with Crippen LogP contribution < -0.4 is 4.90 Å². The number of pyridine rings is 2. The van der Waals surface area contributed by atoms with E-state index in [4.69, 9.17) is 11.6 Å². The van der Waals surface area contributed by atoms with Crippen LogP contribution in [0.25, 0.3) is 11.4 Å². The maximum atomic E-state index is 13.5. The predicted molar refractivity (Wildman–Crippen MR) is 155 cm³/mol. The standard InChI is InChI=1S/C28H21ClN6O3S2/c1-15-5-4-12-34-16(2)21(31-25(15)34)23(36)20-22(18-6-3-11-30-13-18)35(26(38)24(20)37)27-32-33-28(40-27)39-14-17-7-9-19(29)10-8-17/h3-13,22,36H,14H2,1-2H3. The number of aromatic nitrogens is 5. The van der Waals surface area contributed by atoms with Crippen molar-refractivity contribution in [2.24, 2.45) is 0 Å². The Morgan fingerprint density at radius 3 is 2.62 bits per heavy atom. The monoisotopic (exact) mass is 588 g/mol. The zero-order valence-electron chi connectivity index (χ0n) is 21.3. The zero-order valence-corrected chi connectivity index (χ0v) is 23.7. The number of carbonyl (C=O) groups is 2. The van der Waals surface area contributed by atoms with Crippen LogP contribution in [0.1, 0.15) is 34.1 Å². The van der Waals surface area contributed by atoms with E-state index in [0.29, 0.717) is 32.0 Å². The molecule has 5 aromatic rings. The van der Waals surface area contributed by atoms with Crippen LogP contribution in [0.15, 0.2) is 77.0 Å². The molecule has 0 radical (unpaired) electrons. The van der Waals surface area contributed by atoms with Crippen LogP contribution in [0, 0.1) is 13.8 Å². The van der Waals surface area contributed by atoms with E-state index in [2.05, 4.69) is 20.2 Å². The van der Waals surface area contributed by atoms with Gasteiger partial charge in [-0.15, -0.1) is 10.2 Å². The second-order valence-corrected chi connectivity index (χ2v) is 11.8. The first-order chi connectivity index (χ1) is 19.3. The van der Waals surface area contributed by atoms with Crippen molar-refractivity contribution in [3.05, 3.63) is 106 Å². The minimum atomic E-state index is -0.957. The molecular formula is C28H21ClN6O3S2. The van der Waals surface area contributed by atoms with E-state index in [1.165, 1.54) is 28.0 Å². The Morgan fingerprint density at radius 1 is 1.10 bits per heavy atom. The molecule has 6 rings (SSSR count). The molecule has 9 nitrogen and oxygen atoms in total. The van der Waals surface area contributed by atoms with E-state index in [1.807, 2.05) is 53.9 Å². The molecule has 1 N–H and O–H groups in total. The van der Waals surface area contributed by atoms with Crippen molar-refractivity contribution in [2.75, 3.05) is 4.90 Å². The van der Waals surface area contributed by atoms with Gasteiger partial charge in [0.1, 0.15) is 11.3 Å². The van der Waals surface area contributed by atoms with Gasteiger partial charge >= 0.3 is 5.91 Å². The third-order valence-corrected chi connectivity index (χ3v) is 9.01. The summed E-state index contributed by atoms with van der Waals surface area (Å²) in [6, 6.07) is 13.8. The molecule has 12 heteroatoms. The van der Waals surface area contributed by atoms with Gasteiger partial charge < -0.3 is 9.51 Å². The van der Waals surface area contributed by atoms with Crippen molar-refractivity contribution in [3.8, 4) is 0 Å². The topological polar surface area (TPSA) is 114 Å². The second-order valence-electron chi connectivity index (χ2n) is 9.15. The van der Waals surface area contributed by atoms with Crippen molar-refractivity contribution in [1.29, 1.82) is 0 Å². The third-order valence-electron chi connectivity index (χ3n) is 6.63. The number of benzene rings is 1. The molecule has 1 atom stereocenters. The number of amides is 1. The molecule has 0 saturated carbocycles. The Balaban J connectivity index is 1.41. The molecule has 40 heavy (non-hydrogen) atoms. The molecule has 0 aliphatic carbocycles. The number of anilines is 1. The molecular weight excluding hydrogens is 568 g/mol. The quantitative estimate of drug-likeness (QED) is 0.0874. The minimum Gasteiger partial charge on any atom is -0.505 e. The summed E-state index contributed by atoms with van der Waals surface area (Å²) in [6.45, 7) is 3.72. The maximum absolute atomic E-state index is 13.5. The van der Waals surface area contributed by atoms with Crippen LogP contribution >= 0.6 is 34.7 Å². The van der Waals surface area contributed by atoms with E-state index in [0.717, 1.165) is 11.1 Å². The van der Waals surface area contributed by atoms with E-state index in [9.17, 15) is 14.7 Å². The molecule has 0 bridgehead atoms. The van der Waals surface area contributed by atoms with Crippen molar-refractivity contribution in [3.63, 3.8) is 0 Å². The van der Waals surface area contributed by atoms with Crippen LogP contribution in [0.5, 0.6) is 0 Å². The summed E-state index contributed by atoms with van der Waals surface area (Å²) in [7, 11) is 0. The van der Waals surface area contributed by atoms with Crippen molar-refractivity contribution in [1.82, 2.24) is 24.6 Å². The molecule has 200 valence electrons. The Bertz CT molecular complexity index is 1800. The summed E-state index contributed by atoms with van der Waals surface area (Å²) < 4.78 is 2.47. The fraction of sp³-hybridized carbons (Fsp3) is 0.143. The van der Waals surface area contributed by atoms with Gasteiger partial charge in [0.2, 0.25) is 5.13 Å². The number of aliphatic hydroxyl groups excluding tert-OH is 1. The molecule has 1 saturated heterocycles. The second kappa shape index (κ2) is 10.5. The van der Waals surface area contributed by atoms with Crippen LogP contribution in [0.4, 0.5) is 5.13 Å². The van der Waals surface area contributed by atoms with Crippen molar-refractivity contribution < 1.29 is 14.7 Å². The molecule has 1 fully saturated rings. The van der Waals surface area contributed by atoms with Crippen molar-refractivity contribution in [2.45, 2.75) is 30.0 Å². The average Bonchev–Trinajstić information content (AvgIpc) is 3.64. The summed E-state index contributed by atoms with van der Waals surface area (Å²) >= 11 is 8.64. The molecule has 1 aliphatic heterocycles. The van der Waals surface area contributed by atoms with Gasteiger partial charge in [-0.3, -0.25) is 19.5 Å². The van der Waals surface area contributed by atoms with Gasteiger partial charge in [0, 0.05) is 29.4 Å². The van der Waals surface area contributed by atoms with Crippen LogP contribution in [0.2, 0.25) is 5.02 Å². The molecule has 4 aromatic heterocycles. The fourth-order valence-corrected chi connectivity index (χ4v) is 6.59. The van der Waals surface area contributed by atoms with Crippen LogP contribution in [0.3, 0.4) is 0 Å². The zero-order chi connectivity index (χ0) is 28.0. The van der Waals surface area contributed by atoms with Gasteiger partial charge in [-0.2, -0.15) is 0 Å². The number of thioether (sulfide) groups is 1. The molecule has 1 aromatic carbocycles. The van der Waals surface area contributed by atoms with E-state index < -0.39 is 17.7 Å². The first-order valence-electron chi connectivity index (χ1n) is 12.2. The number of fused-ring (bicyclic) bond motifs is 1. The lowest BCUT2D eigenvalue weighted by Crippen LogP contribution is -2.29. The van der Waals surface area contributed by atoms with E-state index in [-0.39, 0.29) is 22.2 Å². The normalized spacial score (nSPS) is 16.8. The smallest absolute Gasteiger partial charge is 0.301 e. The fourth-order valence-electron chi connectivity index (χ4n) is 4.64. The number of aryl methyl sites for hydroxylation is 2. The summed E-state index contributed by atoms with van der Waals surface area (Å²) in [5, 5.41) is 21.0. The number of halogens is 1. The predicted octanol–water partition coefficient (Wildman–Crippen LogP) is 5.77. The number of hydrogen-bond acceptors (Lipinski definition) is 9. The highest BCUT2D eigenvalue weighted by Gasteiger charge is 2.49. The van der Waals surface area contributed by atoms with Gasteiger partial charge in [0.25, 0.3) is 5.78 Å². The number of nitrogens with zero attached hydrogens (tertiary/aromatic N) is 6. The number of aliphatic hydroxyl groups is 1. The highest BCUT2D eigenvalue weighted by molar-refractivity contribution is 8.00. The van der Waals surface area contributed by atoms with Crippen LogP contribution in [-0.4, -0.2) is 41.4 Å². The lowest BCUT2D eigenvalue weighted by Gasteiger charge is -2.21. The van der Waals surface area contributed by atoms with Crippen molar-refractivity contribution >= 4 is 62.9 Å². The summed E-state index contributed by atoms with van der Waals surface area (Å²) in [4.78, 5) is 37.1. The Kier molecular flexibility index (Phi) is 6.87. The lowest BCUT2D eigenvalue weighted by molar-refractivity contribution is -0.132. The van der Waals surface area contributed by atoms with Gasteiger partial charge in [-0.05, 0) is 54.8 Å². The summed E-state index contributed by atoms with van der Waals surface area (Å²) in [6.07, 6.45) is 5.00. The maximum Gasteiger partial charge on any atom is 0.301 e. The van der Waals surface area contributed by atoms with Crippen LogP contribution in [-0.2, 0) is 15.3 Å². The highest BCUT2D eigenvalue weighted by Crippen LogP contribution is 2.44. The number of imidazole rings is 1. The number of carbonyl (C=O) groups excluding carboxylic acids is 2. The first kappa shape index (κ1) is 26.2. The van der Waals surface area contributed by atoms with E-state index >= 15 is 0 Å².